The molecule has 1 aliphatic rings. The molecule has 0 radical (unpaired) electrons. The van der Waals surface area contributed by atoms with Gasteiger partial charge in [0.05, 0.1) is 10.6 Å². The smallest absolute Gasteiger partial charge is 0.243 e. The molecule has 4 rings (SSSR count). The number of thiazole rings is 1. The first-order chi connectivity index (χ1) is 13.8. The molecule has 0 amide bonds. The van der Waals surface area contributed by atoms with Crippen molar-refractivity contribution in [3.05, 3.63) is 64.5 Å². The normalized spacial score (nSPS) is 15.6. The SMILES string of the molecule is O=S(=O)(c1ccc(Cl)cc1)N1CCN(c2nc(-c3ccc(F)c(F)c3)cs2)CC1. The maximum Gasteiger partial charge on any atom is 0.243 e. The Bertz CT molecular complexity index is 1130. The molecule has 0 aliphatic carbocycles. The van der Waals surface area contributed by atoms with Gasteiger partial charge in [0.2, 0.25) is 10.0 Å². The van der Waals surface area contributed by atoms with E-state index in [0.717, 1.165) is 12.1 Å². The number of hydrogen-bond acceptors (Lipinski definition) is 5. The molecule has 3 aromatic rings. The number of aromatic nitrogens is 1. The Hall–Kier alpha value is -2.07. The standard InChI is InChI=1S/C19H16ClF2N3O2S2/c20-14-2-4-15(5-3-14)29(26,27)25-9-7-24(8-10-25)19-23-18(12-28-19)13-1-6-16(21)17(22)11-13/h1-6,11-12H,7-10H2. The maximum absolute atomic E-state index is 13.5. The first kappa shape index (κ1) is 20.2. The van der Waals surface area contributed by atoms with Crippen LogP contribution in [-0.4, -0.2) is 43.9 Å². The van der Waals surface area contributed by atoms with Crippen molar-refractivity contribution >= 4 is 38.1 Å². The second kappa shape index (κ2) is 7.98. The molecule has 1 saturated heterocycles. The second-order valence-electron chi connectivity index (χ2n) is 6.49. The minimum atomic E-state index is -3.58. The van der Waals surface area contributed by atoms with Gasteiger partial charge in [-0.25, -0.2) is 22.2 Å². The van der Waals surface area contributed by atoms with Crippen LogP contribution in [0.3, 0.4) is 0 Å². The van der Waals surface area contributed by atoms with Crippen LogP contribution >= 0.6 is 22.9 Å². The number of piperazine rings is 1. The van der Waals surface area contributed by atoms with Gasteiger partial charge in [-0.05, 0) is 42.5 Å². The fourth-order valence-electron chi connectivity index (χ4n) is 3.07. The number of halogens is 3. The van der Waals surface area contributed by atoms with Crippen LogP contribution in [0.5, 0.6) is 0 Å². The van der Waals surface area contributed by atoms with Gasteiger partial charge in [0.15, 0.2) is 16.8 Å². The molecule has 1 aliphatic heterocycles. The van der Waals surface area contributed by atoms with Crippen molar-refractivity contribution in [3.63, 3.8) is 0 Å². The predicted octanol–water partition coefficient (Wildman–Crippen LogP) is 4.25. The van der Waals surface area contributed by atoms with Gasteiger partial charge in [0.1, 0.15) is 0 Å². The zero-order chi connectivity index (χ0) is 20.6. The van der Waals surface area contributed by atoms with E-state index in [1.54, 1.807) is 17.5 Å². The van der Waals surface area contributed by atoms with Crippen LogP contribution in [-0.2, 0) is 10.0 Å². The van der Waals surface area contributed by atoms with Crippen molar-refractivity contribution in [1.29, 1.82) is 0 Å². The van der Waals surface area contributed by atoms with Crippen molar-refractivity contribution in [2.75, 3.05) is 31.1 Å². The number of nitrogens with zero attached hydrogens (tertiary/aromatic N) is 3. The Morgan fingerprint density at radius 1 is 0.966 bits per heavy atom. The Kier molecular flexibility index (Phi) is 5.56. The molecule has 0 N–H and O–H groups in total. The molecule has 152 valence electrons. The third-order valence-electron chi connectivity index (χ3n) is 4.67. The summed E-state index contributed by atoms with van der Waals surface area (Å²) in [5.74, 6) is -1.82. The number of sulfonamides is 1. The summed E-state index contributed by atoms with van der Waals surface area (Å²) in [6.07, 6.45) is 0. The molecular weight excluding hydrogens is 440 g/mol. The van der Waals surface area contributed by atoms with E-state index >= 15 is 0 Å². The van der Waals surface area contributed by atoms with Gasteiger partial charge in [-0.1, -0.05) is 11.6 Å². The molecule has 29 heavy (non-hydrogen) atoms. The van der Waals surface area contributed by atoms with Gasteiger partial charge in [0.25, 0.3) is 0 Å². The summed E-state index contributed by atoms with van der Waals surface area (Å²) in [5, 5.41) is 2.97. The monoisotopic (exact) mass is 455 g/mol. The largest absolute Gasteiger partial charge is 0.345 e. The summed E-state index contributed by atoms with van der Waals surface area (Å²) < 4.78 is 53.6. The van der Waals surface area contributed by atoms with E-state index in [2.05, 4.69) is 4.98 Å². The molecule has 1 aromatic heterocycles. The van der Waals surface area contributed by atoms with Crippen LogP contribution in [0.2, 0.25) is 5.02 Å². The van der Waals surface area contributed by atoms with Crippen molar-refractivity contribution in [3.8, 4) is 11.3 Å². The van der Waals surface area contributed by atoms with Crippen molar-refractivity contribution in [1.82, 2.24) is 9.29 Å². The van der Waals surface area contributed by atoms with Gasteiger partial charge in [-0.2, -0.15) is 4.31 Å². The molecular formula is C19H16ClF2N3O2S2. The predicted molar refractivity (Wildman–Crippen MR) is 110 cm³/mol. The van der Waals surface area contributed by atoms with Crippen LogP contribution in [0, 0.1) is 11.6 Å². The second-order valence-corrected chi connectivity index (χ2v) is 9.70. The third kappa shape index (κ3) is 4.13. The van der Waals surface area contributed by atoms with Gasteiger partial charge in [-0.15, -0.1) is 11.3 Å². The topological polar surface area (TPSA) is 53.5 Å². The summed E-state index contributed by atoms with van der Waals surface area (Å²) in [6, 6.07) is 9.78. The molecule has 5 nitrogen and oxygen atoms in total. The fourth-order valence-corrected chi connectivity index (χ4v) is 5.51. The molecule has 0 saturated carbocycles. The average Bonchev–Trinajstić information content (AvgIpc) is 3.21. The van der Waals surface area contributed by atoms with Gasteiger partial charge < -0.3 is 4.90 Å². The Morgan fingerprint density at radius 3 is 2.31 bits per heavy atom. The highest BCUT2D eigenvalue weighted by Crippen LogP contribution is 2.29. The van der Waals surface area contributed by atoms with E-state index in [0.29, 0.717) is 47.6 Å². The molecule has 0 bridgehead atoms. The van der Waals surface area contributed by atoms with Crippen molar-refractivity contribution < 1.29 is 17.2 Å². The summed E-state index contributed by atoms with van der Waals surface area (Å²) in [4.78, 5) is 6.70. The highest BCUT2D eigenvalue weighted by Gasteiger charge is 2.29. The van der Waals surface area contributed by atoms with E-state index < -0.39 is 21.7 Å². The first-order valence-electron chi connectivity index (χ1n) is 8.76. The zero-order valence-electron chi connectivity index (χ0n) is 15.1. The Labute approximate surface area is 176 Å². The van der Waals surface area contributed by atoms with E-state index in [4.69, 9.17) is 11.6 Å². The lowest BCUT2D eigenvalue weighted by Gasteiger charge is -2.33. The van der Waals surface area contributed by atoms with Crippen LogP contribution in [0.4, 0.5) is 13.9 Å². The molecule has 2 aromatic carbocycles. The molecule has 0 spiro atoms. The van der Waals surface area contributed by atoms with E-state index in [1.807, 2.05) is 4.90 Å². The number of benzene rings is 2. The van der Waals surface area contributed by atoms with Crippen molar-refractivity contribution in [2.24, 2.45) is 0 Å². The van der Waals surface area contributed by atoms with Crippen LogP contribution < -0.4 is 4.90 Å². The maximum atomic E-state index is 13.5. The van der Waals surface area contributed by atoms with Crippen LogP contribution in [0.15, 0.2) is 52.7 Å². The third-order valence-corrected chi connectivity index (χ3v) is 7.73. The van der Waals surface area contributed by atoms with Gasteiger partial charge in [0, 0.05) is 42.1 Å². The number of anilines is 1. The van der Waals surface area contributed by atoms with E-state index in [9.17, 15) is 17.2 Å². The highest BCUT2D eigenvalue weighted by atomic mass is 35.5. The quantitative estimate of drug-likeness (QED) is 0.590. The first-order valence-corrected chi connectivity index (χ1v) is 11.5. The fraction of sp³-hybridized carbons (Fsp3) is 0.211. The van der Waals surface area contributed by atoms with Gasteiger partial charge in [-0.3, -0.25) is 0 Å². The lowest BCUT2D eigenvalue weighted by atomic mass is 10.2. The lowest BCUT2D eigenvalue weighted by molar-refractivity contribution is 0.385. The summed E-state index contributed by atoms with van der Waals surface area (Å²) in [6.45, 7) is 1.62. The minimum absolute atomic E-state index is 0.213. The summed E-state index contributed by atoms with van der Waals surface area (Å²) >= 11 is 7.22. The summed E-state index contributed by atoms with van der Waals surface area (Å²) in [7, 11) is -3.58. The minimum Gasteiger partial charge on any atom is -0.345 e. The average molecular weight is 456 g/mol. The van der Waals surface area contributed by atoms with Crippen LogP contribution in [0.25, 0.3) is 11.3 Å². The number of rotatable bonds is 4. The lowest BCUT2D eigenvalue weighted by Crippen LogP contribution is -2.48. The molecule has 1 fully saturated rings. The highest BCUT2D eigenvalue weighted by molar-refractivity contribution is 7.89. The van der Waals surface area contributed by atoms with E-state index in [-0.39, 0.29) is 4.90 Å². The summed E-state index contributed by atoms with van der Waals surface area (Å²) in [5.41, 5.74) is 1.05. The molecule has 10 heteroatoms. The van der Waals surface area contributed by atoms with Crippen molar-refractivity contribution in [2.45, 2.75) is 4.90 Å². The van der Waals surface area contributed by atoms with Gasteiger partial charge >= 0.3 is 0 Å². The molecule has 0 atom stereocenters. The molecule has 2 heterocycles. The Morgan fingerprint density at radius 2 is 1.66 bits per heavy atom. The molecule has 0 unspecified atom stereocenters. The van der Waals surface area contributed by atoms with Crippen LogP contribution in [0.1, 0.15) is 0 Å². The number of hydrogen-bond donors (Lipinski definition) is 0. The zero-order valence-corrected chi connectivity index (χ0v) is 17.4. The van der Waals surface area contributed by atoms with E-state index in [1.165, 1.54) is 33.8 Å². The Balaban J connectivity index is 1.45.